The van der Waals surface area contributed by atoms with Crippen LogP contribution in [0.2, 0.25) is 0 Å². The summed E-state index contributed by atoms with van der Waals surface area (Å²) in [6, 6.07) is 24.4. The Kier molecular flexibility index (Phi) is 5.23. The normalized spacial score (nSPS) is 11.2. The standard InChI is InChI=1S/C20H16N4S2/c1-3-8-16(9-4-1)15-26-20-23-22-19(17-10-5-2-6-11-17)24(20)21-14-18-12-7-13-25-18/h1-14H,15H2/b21-14+. The zero-order valence-corrected chi connectivity index (χ0v) is 15.5. The molecule has 4 rings (SSSR count). The van der Waals surface area contributed by atoms with Crippen LogP contribution >= 0.6 is 23.1 Å². The Labute approximate surface area is 160 Å². The van der Waals surface area contributed by atoms with Crippen LogP contribution in [0.25, 0.3) is 11.4 Å². The largest absolute Gasteiger partial charge is 0.212 e. The van der Waals surface area contributed by atoms with Gasteiger partial charge in [-0.25, -0.2) is 0 Å². The van der Waals surface area contributed by atoms with Crippen LogP contribution in [0.4, 0.5) is 0 Å². The fraction of sp³-hybridized carbons (Fsp3) is 0.0500. The highest BCUT2D eigenvalue weighted by Crippen LogP contribution is 2.26. The lowest BCUT2D eigenvalue weighted by Gasteiger charge is -2.04. The van der Waals surface area contributed by atoms with Crippen LogP contribution in [-0.4, -0.2) is 21.1 Å². The summed E-state index contributed by atoms with van der Waals surface area (Å²) in [6.07, 6.45) is 1.85. The van der Waals surface area contributed by atoms with E-state index in [0.717, 1.165) is 27.2 Å². The lowest BCUT2D eigenvalue weighted by atomic mass is 10.2. The maximum Gasteiger partial charge on any atom is 0.212 e. The molecule has 0 fully saturated rings. The van der Waals surface area contributed by atoms with Gasteiger partial charge in [0.15, 0.2) is 5.82 Å². The Bertz CT molecular complexity index is 977. The second kappa shape index (κ2) is 8.12. The molecule has 2 aromatic carbocycles. The van der Waals surface area contributed by atoms with Gasteiger partial charge in [0.2, 0.25) is 5.16 Å². The zero-order chi connectivity index (χ0) is 17.6. The van der Waals surface area contributed by atoms with E-state index in [0.29, 0.717) is 0 Å². The van der Waals surface area contributed by atoms with Crippen molar-refractivity contribution in [1.82, 2.24) is 14.9 Å². The van der Waals surface area contributed by atoms with Crippen molar-refractivity contribution in [2.75, 3.05) is 0 Å². The van der Waals surface area contributed by atoms with Gasteiger partial charge in [0.05, 0.1) is 6.21 Å². The van der Waals surface area contributed by atoms with E-state index < -0.39 is 0 Å². The molecule has 128 valence electrons. The van der Waals surface area contributed by atoms with Crippen molar-refractivity contribution in [2.45, 2.75) is 10.9 Å². The molecule has 0 radical (unpaired) electrons. The topological polar surface area (TPSA) is 43.1 Å². The molecule has 0 unspecified atom stereocenters. The van der Waals surface area contributed by atoms with Crippen molar-refractivity contribution in [3.63, 3.8) is 0 Å². The fourth-order valence-corrected chi connectivity index (χ4v) is 3.85. The summed E-state index contributed by atoms with van der Waals surface area (Å²) in [5, 5.41) is 16.2. The third kappa shape index (κ3) is 3.92. The summed E-state index contributed by atoms with van der Waals surface area (Å²) < 4.78 is 1.82. The molecule has 26 heavy (non-hydrogen) atoms. The number of thioether (sulfide) groups is 1. The fourth-order valence-electron chi connectivity index (χ4n) is 2.43. The molecule has 0 aliphatic heterocycles. The van der Waals surface area contributed by atoms with Gasteiger partial charge in [0, 0.05) is 16.2 Å². The van der Waals surface area contributed by atoms with Crippen molar-refractivity contribution in [1.29, 1.82) is 0 Å². The van der Waals surface area contributed by atoms with Crippen molar-refractivity contribution < 1.29 is 0 Å². The summed E-state index contributed by atoms with van der Waals surface area (Å²) in [4.78, 5) is 1.09. The molecule has 6 heteroatoms. The first kappa shape index (κ1) is 16.8. The third-order valence-electron chi connectivity index (χ3n) is 3.70. The van der Waals surface area contributed by atoms with Gasteiger partial charge in [0.1, 0.15) is 0 Å². The van der Waals surface area contributed by atoms with Crippen molar-refractivity contribution >= 4 is 29.3 Å². The Balaban J connectivity index is 1.65. The second-order valence-corrected chi connectivity index (χ2v) is 7.44. The molecule has 0 saturated heterocycles. The molecule has 4 aromatic rings. The lowest BCUT2D eigenvalue weighted by Crippen LogP contribution is -1.96. The molecular weight excluding hydrogens is 360 g/mol. The van der Waals surface area contributed by atoms with E-state index in [-0.39, 0.29) is 0 Å². The maximum atomic E-state index is 4.65. The second-order valence-electron chi connectivity index (χ2n) is 5.52. The number of thiophene rings is 1. The van der Waals surface area contributed by atoms with Gasteiger partial charge >= 0.3 is 0 Å². The molecule has 0 N–H and O–H groups in total. The molecule has 4 nitrogen and oxygen atoms in total. The van der Waals surface area contributed by atoms with Crippen LogP contribution in [0.3, 0.4) is 0 Å². The minimum absolute atomic E-state index is 0.744. The minimum Gasteiger partial charge on any atom is -0.187 e. The van der Waals surface area contributed by atoms with E-state index in [1.807, 2.05) is 76.9 Å². The van der Waals surface area contributed by atoms with Gasteiger partial charge < -0.3 is 0 Å². The van der Waals surface area contributed by atoms with Gasteiger partial charge in [-0.1, -0.05) is 78.5 Å². The highest BCUT2D eigenvalue weighted by Gasteiger charge is 2.14. The molecule has 0 aliphatic carbocycles. The lowest BCUT2D eigenvalue weighted by molar-refractivity contribution is 0.773. The van der Waals surface area contributed by atoms with Gasteiger partial charge in [-0.3, -0.25) is 0 Å². The van der Waals surface area contributed by atoms with Crippen LogP contribution in [0, 0.1) is 0 Å². The predicted molar refractivity (Wildman–Crippen MR) is 109 cm³/mol. The van der Waals surface area contributed by atoms with Crippen LogP contribution in [0.15, 0.2) is 88.4 Å². The average molecular weight is 377 g/mol. The Morgan fingerprint density at radius 1 is 0.923 bits per heavy atom. The van der Waals surface area contributed by atoms with Crippen molar-refractivity contribution in [3.05, 3.63) is 88.6 Å². The van der Waals surface area contributed by atoms with E-state index in [2.05, 4.69) is 27.4 Å². The van der Waals surface area contributed by atoms with E-state index >= 15 is 0 Å². The van der Waals surface area contributed by atoms with E-state index in [4.69, 9.17) is 0 Å². The monoisotopic (exact) mass is 376 g/mol. The highest BCUT2D eigenvalue weighted by molar-refractivity contribution is 7.98. The molecule has 0 saturated carbocycles. The highest BCUT2D eigenvalue weighted by atomic mass is 32.2. The minimum atomic E-state index is 0.744. The molecule has 2 heterocycles. The molecular formula is C20H16N4S2. The summed E-state index contributed by atoms with van der Waals surface area (Å²) in [6.45, 7) is 0. The Morgan fingerprint density at radius 3 is 2.42 bits per heavy atom. The molecule has 0 spiro atoms. The smallest absolute Gasteiger partial charge is 0.187 e. The van der Waals surface area contributed by atoms with Crippen LogP contribution < -0.4 is 0 Å². The molecule has 0 bridgehead atoms. The third-order valence-corrected chi connectivity index (χ3v) is 5.50. The number of aromatic nitrogens is 3. The summed E-state index contributed by atoms with van der Waals surface area (Å²) in [5.41, 5.74) is 2.24. The molecule has 0 atom stereocenters. The van der Waals surface area contributed by atoms with E-state index in [1.54, 1.807) is 23.1 Å². The number of rotatable bonds is 6. The predicted octanol–water partition coefficient (Wildman–Crippen LogP) is 5.18. The maximum absolute atomic E-state index is 4.65. The zero-order valence-electron chi connectivity index (χ0n) is 13.9. The quantitative estimate of drug-likeness (QED) is 0.344. The number of hydrogen-bond acceptors (Lipinski definition) is 5. The molecule has 2 aromatic heterocycles. The average Bonchev–Trinajstić information content (AvgIpc) is 3.36. The number of hydrogen-bond donors (Lipinski definition) is 0. The first-order valence-electron chi connectivity index (χ1n) is 8.15. The van der Waals surface area contributed by atoms with Crippen LogP contribution in [-0.2, 0) is 5.75 Å². The van der Waals surface area contributed by atoms with E-state index in [9.17, 15) is 0 Å². The van der Waals surface area contributed by atoms with Gasteiger partial charge in [-0.15, -0.1) is 21.5 Å². The number of benzene rings is 2. The molecule has 0 aliphatic rings. The van der Waals surface area contributed by atoms with Crippen LogP contribution in [0.1, 0.15) is 10.4 Å². The van der Waals surface area contributed by atoms with Gasteiger partial charge in [-0.05, 0) is 17.0 Å². The van der Waals surface area contributed by atoms with E-state index in [1.165, 1.54) is 5.56 Å². The van der Waals surface area contributed by atoms with Crippen LogP contribution in [0.5, 0.6) is 0 Å². The van der Waals surface area contributed by atoms with Crippen molar-refractivity contribution in [2.24, 2.45) is 5.10 Å². The SMILES string of the molecule is C(=N\n1c(SCc2ccccc2)nnc1-c1ccccc1)/c1cccs1. The Morgan fingerprint density at radius 2 is 1.69 bits per heavy atom. The summed E-state index contributed by atoms with van der Waals surface area (Å²) >= 11 is 3.28. The first-order chi connectivity index (χ1) is 12.9. The number of nitrogens with zero attached hydrogens (tertiary/aromatic N) is 4. The van der Waals surface area contributed by atoms with Crippen molar-refractivity contribution in [3.8, 4) is 11.4 Å². The first-order valence-corrected chi connectivity index (χ1v) is 10.0. The molecule has 0 amide bonds. The van der Waals surface area contributed by atoms with Gasteiger partial charge in [0.25, 0.3) is 0 Å². The Hall–Kier alpha value is -2.70. The summed E-state index contributed by atoms with van der Waals surface area (Å²) in [5.74, 6) is 1.57. The van der Waals surface area contributed by atoms with Gasteiger partial charge in [-0.2, -0.15) is 9.78 Å². The summed E-state index contributed by atoms with van der Waals surface area (Å²) in [7, 11) is 0.